The average Bonchev–Trinajstić information content (AvgIpc) is 3.27. The van der Waals surface area contributed by atoms with Gasteiger partial charge in [-0.15, -0.1) is 21.5 Å². The normalized spacial score (nSPS) is 13.5. The SMILES string of the molecule is Cn1c2ccccc2c2nnc(SCC(=O)Nc3sc4c(c3C(N)=O)CCCC4)nc21. The van der Waals surface area contributed by atoms with E-state index >= 15 is 0 Å². The zero-order valence-electron chi connectivity index (χ0n) is 16.8. The standard InChI is InChI=1S/C21H20N6O2S2/c1-27-13-8-4-2-6-11(13)17-19(27)24-21(26-25-17)30-10-15(28)23-20-16(18(22)29)12-7-3-5-9-14(12)31-20/h2,4,6,8H,3,5,7,9-10H2,1H3,(H2,22,29)(H,23,28). The molecule has 1 aliphatic carbocycles. The van der Waals surface area contributed by atoms with Crippen LogP contribution in [0.1, 0.15) is 33.6 Å². The van der Waals surface area contributed by atoms with Gasteiger partial charge in [0, 0.05) is 17.3 Å². The van der Waals surface area contributed by atoms with Crippen LogP contribution >= 0.6 is 23.1 Å². The molecule has 0 saturated carbocycles. The number of anilines is 1. The number of aryl methyl sites for hydroxylation is 2. The number of para-hydroxylation sites is 1. The quantitative estimate of drug-likeness (QED) is 0.449. The van der Waals surface area contributed by atoms with E-state index in [-0.39, 0.29) is 11.7 Å². The van der Waals surface area contributed by atoms with Gasteiger partial charge >= 0.3 is 0 Å². The summed E-state index contributed by atoms with van der Waals surface area (Å²) in [4.78, 5) is 30.3. The molecule has 0 bridgehead atoms. The summed E-state index contributed by atoms with van der Waals surface area (Å²) in [5.41, 5.74) is 9.56. The first-order valence-corrected chi connectivity index (χ1v) is 11.8. The summed E-state index contributed by atoms with van der Waals surface area (Å²) >= 11 is 2.67. The number of thioether (sulfide) groups is 1. The van der Waals surface area contributed by atoms with E-state index in [2.05, 4.69) is 20.5 Å². The van der Waals surface area contributed by atoms with Crippen molar-refractivity contribution in [3.8, 4) is 0 Å². The van der Waals surface area contributed by atoms with Gasteiger partial charge in [0.1, 0.15) is 10.5 Å². The van der Waals surface area contributed by atoms with Crippen molar-refractivity contribution in [3.05, 3.63) is 40.3 Å². The molecule has 4 aromatic rings. The molecule has 0 aliphatic heterocycles. The Morgan fingerprint density at radius 1 is 1.23 bits per heavy atom. The van der Waals surface area contributed by atoms with Crippen LogP contribution in [0.5, 0.6) is 0 Å². The fraction of sp³-hybridized carbons (Fsp3) is 0.286. The zero-order chi connectivity index (χ0) is 21.5. The van der Waals surface area contributed by atoms with Gasteiger partial charge in [-0.2, -0.15) is 0 Å². The van der Waals surface area contributed by atoms with Crippen molar-refractivity contribution >= 4 is 62.0 Å². The van der Waals surface area contributed by atoms with Crippen molar-refractivity contribution in [2.45, 2.75) is 30.8 Å². The van der Waals surface area contributed by atoms with Crippen molar-refractivity contribution < 1.29 is 9.59 Å². The number of benzene rings is 1. The molecule has 3 N–H and O–H groups in total. The first kappa shape index (κ1) is 20.0. The molecule has 158 valence electrons. The molecule has 0 radical (unpaired) electrons. The Balaban J connectivity index is 1.34. The van der Waals surface area contributed by atoms with E-state index in [1.54, 1.807) is 0 Å². The maximum atomic E-state index is 12.6. The maximum Gasteiger partial charge on any atom is 0.251 e. The number of nitrogens with zero attached hydrogens (tertiary/aromatic N) is 4. The van der Waals surface area contributed by atoms with Crippen LogP contribution in [0.4, 0.5) is 5.00 Å². The van der Waals surface area contributed by atoms with E-state index in [0.29, 0.717) is 15.7 Å². The lowest BCUT2D eigenvalue weighted by atomic mass is 9.95. The number of hydrogen-bond acceptors (Lipinski definition) is 7. The van der Waals surface area contributed by atoms with Gasteiger partial charge in [-0.05, 0) is 37.3 Å². The number of aromatic nitrogens is 4. The predicted octanol–water partition coefficient (Wildman–Crippen LogP) is 3.29. The lowest BCUT2D eigenvalue weighted by Gasteiger charge is -2.11. The molecule has 0 fully saturated rings. The molecule has 3 heterocycles. The highest BCUT2D eigenvalue weighted by atomic mass is 32.2. The van der Waals surface area contributed by atoms with E-state index in [1.165, 1.54) is 23.1 Å². The number of rotatable bonds is 5. The highest BCUT2D eigenvalue weighted by molar-refractivity contribution is 7.99. The Labute approximate surface area is 186 Å². The minimum absolute atomic E-state index is 0.109. The Hall–Kier alpha value is -2.98. The lowest BCUT2D eigenvalue weighted by molar-refractivity contribution is -0.113. The second-order valence-corrected chi connectivity index (χ2v) is 9.51. The molecule has 1 aliphatic rings. The molecule has 1 aromatic carbocycles. The monoisotopic (exact) mass is 452 g/mol. The van der Waals surface area contributed by atoms with Gasteiger partial charge < -0.3 is 15.6 Å². The fourth-order valence-corrected chi connectivity index (χ4v) is 5.95. The van der Waals surface area contributed by atoms with E-state index in [1.807, 2.05) is 35.9 Å². The number of carbonyl (C=O) groups is 2. The number of fused-ring (bicyclic) bond motifs is 4. The maximum absolute atomic E-state index is 12.6. The van der Waals surface area contributed by atoms with Gasteiger partial charge in [0.2, 0.25) is 11.1 Å². The number of carbonyl (C=O) groups excluding carboxylic acids is 2. The molecule has 5 rings (SSSR count). The third-order valence-electron chi connectivity index (χ3n) is 5.49. The highest BCUT2D eigenvalue weighted by Crippen LogP contribution is 2.38. The minimum Gasteiger partial charge on any atom is -0.365 e. The van der Waals surface area contributed by atoms with Crippen LogP contribution in [-0.4, -0.2) is 37.3 Å². The van der Waals surface area contributed by atoms with Crippen LogP contribution in [0.3, 0.4) is 0 Å². The number of hydrogen-bond donors (Lipinski definition) is 2. The van der Waals surface area contributed by atoms with E-state index in [4.69, 9.17) is 5.73 Å². The lowest BCUT2D eigenvalue weighted by Crippen LogP contribution is -2.19. The van der Waals surface area contributed by atoms with Gasteiger partial charge in [0.25, 0.3) is 5.91 Å². The second-order valence-electron chi connectivity index (χ2n) is 7.46. The number of nitrogens with one attached hydrogen (secondary N) is 1. The molecule has 10 heteroatoms. The molecule has 3 aromatic heterocycles. The second kappa shape index (κ2) is 7.93. The average molecular weight is 453 g/mol. The topological polar surface area (TPSA) is 116 Å². The number of primary amides is 1. The van der Waals surface area contributed by atoms with Crippen LogP contribution < -0.4 is 11.1 Å². The molecule has 0 saturated heterocycles. The van der Waals surface area contributed by atoms with Crippen LogP contribution in [0.25, 0.3) is 22.1 Å². The van der Waals surface area contributed by atoms with Crippen molar-refractivity contribution in [2.75, 3.05) is 11.1 Å². The summed E-state index contributed by atoms with van der Waals surface area (Å²) in [5.74, 6) is -0.610. The third kappa shape index (κ3) is 3.55. The Morgan fingerprint density at radius 2 is 2.03 bits per heavy atom. The van der Waals surface area contributed by atoms with E-state index < -0.39 is 5.91 Å². The minimum atomic E-state index is -0.490. The Kier molecular flexibility index (Phi) is 5.11. The molecule has 2 amide bonds. The first-order valence-electron chi connectivity index (χ1n) is 9.97. The van der Waals surface area contributed by atoms with Gasteiger partial charge in [0.05, 0.1) is 16.8 Å². The van der Waals surface area contributed by atoms with Crippen molar-refractivity contribution in [3.63, 3.8) is 0 Å². The summed E-state index contributed by atoms with van der Waals surface area (Å²) < 4.78 is 1.97. The van der Waals surface area contributed by atoms with Crippen molar-refractivity contribution in [2.24, 2.45) is 12.8 Å². The molecule has 0 spiro atoms. The zero-order valence-corrected chi connectivity index (χ0v) is 18.5. The first-order chi connectivity index (χ1) is 15.0. The Morgan fingerprint density at radius 3 is 2.87 bits per heavy atom. The van der Waals surface area contributed by atoms with Crippen LogP contribution in [0, 0.1) is 0 Å². The van der Waals surface area contributed by atoms with Crippen molar-refractivity contribution in [1.29, 1.82) is 0 Å². The fourth-order valence-electron chi connectivity index (χ4n) is 4.06. The van der Waals surface area contributed by atoms with Gasteiger partial charge in [-0.3, -0.25) is 9.59 Å². The van der Waals surface area contributed by atoms with Gasteiger partial charge in [-0.25, -0.2) is 4.98 Å². The molecule has 8 nitrogen and oxygen atoms in total. The molecular weight excluding hydrogens is 432 g/mol. The predicted molar refractivity (Wildman–Crippen MR) is 123 cm³/mol. The van der Waals surface area contributed by atoms with Crippen LogP contribution in [0.2, 0.25) is 0 Å². The summed E-state index contributed by atoms with van der Waals surface area (Å²) in [7, 11) is 1.93. The smallest absolute Gasteiger partial charge is 0.251 e. The van der Waals surface area contributed by atoms with Crippen molar-refractivity contribution in [1.82, 2.24) is 19.7 Å². The van der Waals surface area contributed by atoms with E-state index in [9.17, 15) is 9.59 Å². The summed E-state index contributed by atoms with van der Waals surface area (Å²) in [6, 6.07) is 7.93. The Bertz CT molecular complexity index is 1340. The molecule has 31 heavy (non-hydrogen) atoms. The highest BCUT2D eigenvalue weighted by Gasteiger charge is 2.25. The summed E-state index contributed by atoms with van der Waals surface area (Å²) in [6.45, 7) is 0. The number of nitrogens with two attached hydrogens (primary N) is 1. The third-order valence-corrected chi connectivity index (χ3v) is 7.54. The summed E-state index contributed by atoms with van der Waals surface area (Å²) in [6.07, 6.45) is 3.89. The largest absolute Gasteiger partial charge is 0.365 e. The van der Waals surface area contributed by atoms with Gasteiger partial charge in [0.15, 0.2) is 5.65 Å². The van der Waals surface area contributed by atoms with Crippen LogP contribution in [-0.2, 0) is 24.7 Å². The molecule has 0 atom stereocenters. The van der Waals surface area contributed by atoms with Crippen LogP contribution in [0.15, 0.2) is 29.4 Å². The van der Waals surface area contributed by atoms with Gasteiger partial charge in [-0.1, -0.05) is 30.0 Å². The molecular formula is C21H20N6O2S2. The van der Waals surface area contributed by atoms with E-state index in [0.717, 1.165) is 58.2 Å². The number of thiophene rings is 1. The summed E-state index contributed by atoms with van der Waals surface area (Å²) in [5, 5.41) is 13.3. The molecule has 0 unspecified atom stereocenters. The number of amides is 2.